The van der Waals surface area contributed by atoms with Crippen LogP contribution in [0.5, 0.6) is 0 Å². The van der Waals surface area contributed by atoms with Gasteiger partial charge in [0.05, 0.1) is 12.8 Å². The van der Waals surface area contributed by atoms with Gasteiger partial charge in [-0.1, -0.05) is 0 Å². The summed E-state index contributed by atoms with van der Waals surface area (Å²) in [7, 11) is 0. The van der Waals surface area contributed by atoms with Gasteiger partial charge in [-0.2, -0.15) is 5.10 Å². The molecule has 0 aliphatic rings. The Labute approximate surface area is 45.2 Å². The van der Waals surface area contributed by atoms with Gasteiger partial charge in [0.2, 0.25) is 0 Å². The third-order valence-electron chi connectivity index (χ3n) is 0.816. The first kappa shape index (κ1) is 5.24. The van der Waals surface area contributed by atoms with E-state index in [1.807, 2.05) is 0 Å². The molecule has 0 fully saturated rings. The zero-order valence-electron chi connectivity index (χ0n) is 4.06. The lowest BCUT2D eigenvalue weighted by molar-refractivity contribution is 0.271. The number of nitrogens with zero attached hydrogens (tertiary/aromatic N) is 1. The molecule has 0 saturated carbocycles. The summed E-state index contributed by atoms with van der Waals surface area (Å²) in [5, 5.41) is 13.9. The largest absolute Gasteiger partial charge is 0.390 e. The molecule has 1 aromatic rings. The Morgan fingerprint density at radius 2 is 2.62 bits per heavy atom. The lowest BCUT2D eigenvalue weighted by Crippen LogP contribution is -1.84. The van der Waals surface area contributed by atoms with Crippen LogP contribution in [0.25, 0.3) is 0 Å². The standard InChI is InChI=1S/C4H5FN2O/c5-3-1-6-7-4(3)2-8/h1,8H,2H2,(H,6,7). The molecular weight excluding hydrogens is 111 g/mol. The molecule has 0 amide bonds. The van der Waals surface area contributed by atoms with Crippen molar-refractivity contribution in [2.24, 2.45) is 0 Å². The molecule has 1 rings (SSSR count). The first-order valence-corrected chi connectivity index (χ1v) is 2.13. The average Bonchev–Trinajstić information content (AvgIpc) is 2.14. The quantitative estimate of drug-likeness (QED) is 0.544. The van der Waals surface area contributed by atoms with Crippen molar-refractivity contribution in [2.75, 3.05) is 0 Å². The number of halogens is 1. The fourth-order valence-corrected chi connectivity index (χ4v) is 0.414. The fourth-order valence-electron chi connectivity index (χ4n) is 0.414. The summed E-state index contributed by atoms with van der Waals surface area (Å²) in [6.45, 7) is -0.352. The molecule has 0 aromatic carbocycles. The normalized spacial score (nSPS) is 9.75. The highest BCUT2D eigenvalue weighted by Gasteiger charge is 1.99. The molecule has 0 atom stereocenters. The zero-order valence-corrected chi connectivity index (χ0v) is 4.06. The highest BCUT2D eigenvalue weighted by molar-refractivity contribution is 4.98. The van der Waals surface area contributed by atoms with Gasteiger partial charge in [-0.3, -0.25) is 5.10 Å². The van der Waals surface area contributed by atoms with Crippen LogP contribution in [0.15, 0.2) is 6.20 Å². The van der Waals surface area contributed by atoms with Crippen LogP contribution in [-0.4, -0.2) is 15.3 Å². The Balaban J connectivity index is 2.92. The van der Waals surface area contributed by atoms with E-state index in [-0.39, 0.29) is 12.3 Å². The third kappa shape index (κ3) is 0.696. The molecule has 8 heavy (non-hydrogen) atoms. The number of aromatic nitrogens is 2. The Kier molecular flexibility index (Phi) is 1.26. The van der Waals surface area contributed by atoms with Gasteiger partial charge in [0, 0.05) is 0 Å². The Morgan fingerprint density at radius 3 is 2.88 bits per heavy atom. The van der Waals surface area contributed by atoms with Crippen LogP contribution >= 0.6 is 0 Å². The first-order chi connectivity index (χ1) is 3.84. The molecule has 0 aliphatic carbocycles. The molecular formula is C4H5FN2O. The SMILES string of the molecule is OCc1n[nH]cc1F. The second-order valence-electron chi connectivity index (χ2n) is 1.34. The van der Waals surface area contributed by atoms with Crippen molar-refractivity contribution >= 4 is 0 Å². The number of hydrogen-bond donors (Lipinski definition) is 2. The zero-order chi connectivity index (χ0) is 5.98. The fraction of sp³-hybridized carbons (Fsp3) is 0.250. The highest BCUT2D eigenvalue weighted by atomic mass is 19.1. The van der Waals surface area contributed by atoms with Gasteiger partial charge in [0.25, 0.3) is 0 Å². The number of nitrogens with one attached hydrogen (secondary N) is 1. The maximum Gasteiger partial charge on any atom is 0.166 e. The summed E-state index contributed by atoms with van der Waals surface area (Å²) >= 11 is 0. The second kappa shape index (κ2) is 1.92. The molecule has 0 bridgehead atoms. The van der Waals surface area contributed by atoms with Crippen LogP contribution in [0, 0.1) is 5.82 Å². The van der Waals surface area contributed by atoms with Gasteiger partial charge in [0.15, 0.2) is 5.82 Å². The number of aliphatic hydroxyl groups excluding tert-OH is 1. The van der Waals surface area contributed by atoms with Crippen LogP contribution in [0.3, 0.4) is 0 Å². The van der Waals surface area contributed by atoms with E-state index >= 15 is 0 Å². The van der Waals surface area contributed by atoms with Crippen molar-refractivity contribution in [3.05, 3.63) is 17.7 Å². The number of hydrogen-bond acceptors (Lipinski definition) is 2. The van der Waals surface area contributed by atoms with E-state index in [1.165, 1.54) is 0 Å². The Morgan fingerprint density at radius 1 is 1.88 bits per heavy atom. The van der Waals surface area contributed by atoms with Gasteiger partial charge in [0.1, 0.15) is 5.69 Å². The minimum Gasteiger partial charge on any atom is -0.390 e. The third-order valence-corrected chi connectivity index (χ3v) is 0.816. The van der Waals surface area contributed by atoms with Crippen LogP contribution < -0.4 is 0 Å². The van der Waals surface area contributed by atoms with Crippen LogP contribution in [-0.2, 0) is 6.61 Å². The lowest BCUT2D eigenvalue weighted by Gasteiger charge is -1.81. The van der Waals surface area contributed by atoms with Crippen LogP contribution in [0.4, 0.5) is 4.39 Å². The lowest BCUT2D eigenvalue weighted by atomic mass is 10.4. The van der Waals surface area contributed by atoms with Crippen LogP contribution in [0.1, 0.15) is 5.69 Å². The average molecular weight is 116 g/mol. The van der Waals surface area contributed by atoms with Crippen molar-refractivity contribution in [2.45, 2.75) is 6.61 Å². The number of H-pyrrole nitrogens is 1. The van der Waals surface area contributed by atoms with Crippen molar-refractivity contribution in [1.29, 1.82) is 0 Å². The summed E-state index contributed by atoms with van der Waals surface area (Å²) < 4.78 is 12.1. The van der Waals surface area contributed by atoms with E-state index in [4.69, 9.17) is 5.11 Å². The van der Waals surface area contributed by atoms with Gasteiger partial charge >= 0.3 is 0 Å². The second-order valence-corrected chi connectivity index (χ2v) is 1.34. The van der Waals surface area contributed by atoms with Crippen molar-refractivity contribution in [3.8, 4) is 0 Å². The molecule has 0 saturated heterocycles. The number of rotatable bonds is 1. The Bertz CT molecular complexity index is 174. The topological polar surface area (TPSA) is 48.9 Å². The maximum atomic E-state index is 12.1. The van der Waals surface area contributed by atoms with Gasteiger partial charge in [-0.05, 0) is 0 Å². The molecule has 2 N–H and O–H groups in total. The summed E-state index contributed by atoms with van der Waals surface area (Å²) in [6, 6.07) is 0. The van der Waals surface area contributed by atoms with E-state index < -0.39 is 5.82 Å². The molecule has 44 valence electrons. The van der Waals surface area contributed by atoms with Crippen molar-refractivity contribution < 1.29 is 9.50 Å². The molecule has 0 radical (unpaired) electrons. The van der Waals surface area contributed by atoms with E-state index in [0.29, 0.717) is 0 Å². The molecule has 1 aromatic heterocycles. The smallest absolute Gasteiger partial charge is 0.166 e. The molecule has 0 spiro atoms. The molecule has 1 heterocycles. The maximum absolute atomic E-state index is 12.1. The molecule has 4 heteroatoms. The molecule has 3 nitrogen and oxygen atoms in total. The van der Waals surface area contributed by atoms with Crippen molar-refractivity contribution in [1.82, 2.24) is 10.2 Å². The minimum absolute atomic E-state index is 0.0602. The highest BCUT2D eigenvalue weighted by Crippen LogP contribution is 1.98. The summed E-state index contributed by atoms with van der Waals surface area (Å²) in [5.41, 5.74) is 0.0602. The summed E-state index contributed by atoms with van der Waals surface area (Å²) in [6.07, 6.45) is 1.09. The van der Waals surface area contributed by atoms with Gasteiger partial charge in [-0.25, -0.2) is 4.39 Å². The Hall–Kier alpha value is -0.900. The summed E-state index contributed by atoms with van der Waals surface area (Å²) in [5.74, 6) is -0.493. The molecule has 0 unspecified atom stereocenters. The first-order valence-electron chi connectivity index (χ1n) is 2.13. The monoisotopic (exact) mass is 116 g/mol. The van der Waals surface area contributed by atoms with E-state index in [2.05, 4.69) is 10.2 Å². The van der Waals surface area contributed by atoms with Crippen molar-refractivity contribution in [3.63, 3.8) is 0 Å². The number of aromatic amines is 1. The predicted octanol–water partition coefficient (Wildman–Crippen LogP) is 0.0411. The van der Waals surface area contributed by atoms with E-state index in [1.54, 1.807) is 0 Å². The number of aliphatic hydroxyl groups is 1. The molecule has 0 aliphatic heterocycles. The predicted molar refractivity (Wildman–Crippen MR) is 24.5 cm³/mol. The van der Waals surface area contributed by atoms with E-state index in [9.17, 15) is 4.39 Å². The van der Waals surface area contributed by atoms with Gasteiger partial charge < -0.3 is 5.11 Å². The van der Waals surface area contributed by atoms with Gasteiger partial charge in [-0.15, -0.1) is 0 Å². The van der Waals surface area contributed by atoms with E-state index in [0.717, 1.165) is 6.20 Å². The van der Waals surface area contributed by atoms with Crippen LogP contribution in [0.2, 0.25) is 0 Å². The minimum atomic E-state index is -0.493. The summed E-state index contributed by atoms with van der Waals surface area (Å²) in [4.78, 5) is 0.